The fourth-order valence-corrected chi connectivity index (χ4v) is 3.18. The third kappa shape index (κ3) is 3.28. The van der Waals surface area contributed by atoms with Crippen LogP contribution in [0.5, 0.6) is 0 Å². The number of rotatable bonds is 3. The minimum absolute atomic E-state index is 0.212. The third-order valence-corrected chi connectivity index (χ3v) is 4.68. The molecule has 0 aliphatic heterocycles. The lowest BCUT2D eigenvalue weighted by Gasteiger charge is -2.21. The molecule has 0 aliphatic carbocycles. The van der Waals surface area contributed by atoms with Crippen LogP contribution in [-0.4, -0.2) is 7.05 Å². The molecule has 2 rings (SSSR count). The second kappa shape index (κ2) is 6.21. The van der Waals surface area contributed by atoms with E-state index >= 15 is 0 Å². The fourth-order valence-electron chi connectivity index (χ4n) is 2.30. The van der Waals surface area contributed by atoms with E-state index in [9.17, 15) is 0 Å². The molecule has 1 atom stereocenters. The summed E-state index contributed by atoms with van der Waals surface area (Å²) < 4.78 is 2.27. The lowest BCUT2D eigenvalue weighted by molar-refractivity contribution is 0.686. The van der Waals surface area contributed by atoms with Crippen LogP contribution in [0, 0.1) is 13.8 Å². The number of benzene rings is 2. The van der Waals surface area contributed by atoms with Gasteiger partial charge < -0.3 is 5.32 Å². The van der Waals surface area contributed by atoms with Gasteiger partial charge in [0.05, 0.1) is 6.04 Å². The number of aryl methyl sites for hydroxylation is 2. The largest absolute Gasteiger partial charge is 0.309 e. The monoisotopic (exact) mass is 381 g/mol. The average molecular weight is 383 g/mol. The normalized spacial score (nSPS) is 12.5. The topological polar surface area (TPSA) is 12.0 Å². The maximum absolute atomic E-state index is 3.59. The first-order chi connectivity index (χ1) is 9.02. The summed E-state index contributed by atoms with van der Waals surface area (Å²) >= 11 is 7.13. The van der Waals surface area contributed by atoms with Crippen LogP contribution in [-0.2, 0) is 0 Å². The zero-order valence-electron chi connectivity index (χ0n) is 11.3. The highest BCUT2D eigenvalue weighted by molar-refractivity contribution is 9.10. The predicted octanol–water partition coefficient (Wildman–Crippen LogP) is 5.14. The summed E-state index contributed by atoms with van der Waals surface area (Å²) in [5, 5.41) is 3.41. The SMILES string of the molecule is CNC(c1cccc(Br)c1)c1cc(C)c(Br)cc1C. The lowest BCUT2D eigenvalue weighted by atomic mass is 9.94. The second-order valence-corrected chi connectivity index (χ2v) is 6.50. The van der Waals surface area contributed by atoms with Crippen LogP contribution in [0.2, 0.25) is 0 Å². The van der Waals surface area contributed by atoms with Crippen LogP contribution in [0.15, 0.2) is 45.3 Å². The number of halogens is 2. The summed E-state index contributed by atoms with van der Waals surface area (Å²) in [6.45, 7) is 4.28. The Hall–Kier alpha value is -0.640. The molecule has 0 heterocycles. The number of nitrogens with one attached hydrogen (secondary N) is 1. The van der Waals surface area contributed by atoms with E-state index in [1.807, 2.05) is 7.05 Å². The zero-order chi connectivity index (χ0) is 14.0. The maximum Gasteiger partial charge on any atom is 0.0577 e. The van der Waals surface area contributed by atoms with Gasteiger partial charge in [-0.2, -0.15) is 0 Å². The van der Waals surface area contributed by atoms with Gasteiger partial charge in [0.2, 0.25) is 0 Å². The van der Waals surface area contributed by atoms with Gasteiger partial charge in [0.25, 0.3) is 0 Å². The summed E-state index contributed by atoms with van der Waals surface area (Å²) in [6.07, 6.45) is 0. The van der Waals surface area contributed by atoms with Crippen molar-refractivity contribution in [3.63, 3.8) is 0 Å². The molecule has 100 valence electrons. The van der Waals surface area contributed by atoms with Crippen LogP contribution in [0.3, 0.4) is 0 Å². The van der Waals surface area contributed by atoms with Crippen LogP contribution in [0.1, 0.15) is 28.3 Å². The van der Waals surface area contributed by atoms with Gasteiger partial charge >= 0.3 is 0 Å². The van der Waals surface area contributed by atoms with Crippen LogP contribution in [0.4, 0.5) is 0 Å². The number of hydrogen-bond donors (Lipinski definition) is 1. The van der Waals surface area contributed by atoms with Gasteiger partial charge in [0.1, 0.15) is 0 Å². The fraction of sp³-hybridized carbons (Fsp3) is 0.250. The van der Waals surface area contributed by atoms with Crippen LogP contribution >= 0.6 is 31.9 Å². The molecular formula is C16H17Br2N. The first-order valence-electron chi connectivity index (χ1n) is 6.22. The molecule has 0 saturated carbocycles. The standard InChI is InChI=1S/C16H17Br2N/c1-10-8-15(18)11(2)7-14(10)16(19-3)12-5-4-6-13(17)9-12/h4-9,16,19H,1-3H3. The Morgan fingerprint density at radius 2 is 1.74 bits per heavy atom. The van der Waals surface area contributed by atoms with Crippen LogP contribution in [0.25, 0.3) is 0 Å². The van der Waals surface area contributed by atoms with Gasteiger partial charge in [-0.3, -0.25) is 0 Å². The summed E-state index contributed by atoms with van der Waals surface area (Å²) in [6, 6.07) is 13.1. The summed E-state index contributed by atoms with van der Waals surface area (Å²) in [4.78, 5) is 0. The molecular weight excluding hydrogens is 366 g/mol. The van der Waals surface area contributed by atoms with E-state index in [2.05, 4.69) is 87.4 Å². The van der Waals surface area contributed by atoms with Gasteiger partial charge in [-0.05, 0) is 61.3 Å². The van der Waals surface area contributed by atoms with Crippen molar-refractivity contribution in [2.45, 2.75) is 19.9 Å². The molecule has 0 fully saturated rings. The minimum atomic E-state index is 0.212. The maximum atomic E-state index is 3.59. The van der Waals surface area contributed by atoms with Crippen molar-refractivity contribution >= 4 is 31.9 Å². The van der Waals surface area contributed by atoms with Crippen molar-refractivity contribution in [2.24, 2.45) is 0 Å². The van der Waals surface area contributed by atoms with Crippen molar-refractivity contribution in [3.8, 4) is 0 Å². The highest BCUT2D eigenvalue weighted by Crippen LogP contribution is 2.30. The van der Waals surface area contributed by atoms with Crippen molar-refractivity contribution in [3.05, 3.63) is 67.6 Å². The molecule has 0 saturated heterocycles. The summed E-state index contributed by atoms with van der Waals surface area (Å²) in [5.74, 6) is 0. The average Bonchev–Trinajstić information content (AvgIpc) is 2.36. The van der Waals surface area contributed by atoms with E-state index in [1.54, 1.807) is 0 Å². The van der Waals surface area contributed by atoms with E-state index in [0.717, 1.165) is 8.95 Å². The first kappa shape index (κ1) is 14.8. The van der Waals surface area contributed by atoms with Crippen LogP contribution < -0.4 is 5.32 Å². The summed E-state index contributed by atoms with van der Waals surface area (Å²) in [7, 11) is 2.00. The van der Waals surface area contributed by atoms with E-state index < -0.39 is 0 Å². The van der Waals surface area contributed by atoms with Crippen molar-refractivity contribution in [1.29, 1.82) is 0 Å². The molecule has 19 heavy (non-hydrogen) atoms. The first-order valence-corrected chi connectivity index (χ1v) is 7.81. The Bertz CT molecular complexity index is 593. The van der Waals surface area contributed by atoms with Gasteiger partial charge in [-0.15, -0.1) is 0 Å². The molecule has 2 aromatic carbocycles. The Balaban J connectivity index is 2.51. The van der Waals surface area contributed by atoms with Crippen molar-refractivity contribution in [1.82, 2.24) is 5.32 Å². The van der Waals surface area contributed by atoms with Gasteiger partial charge in [0, 0.05) is 8.95 Å². The number of hydrogen-bond acceptors (Lipinski definition) is 1. The quantitative estimate of drug-likeness (QED) is 0.775. The minimum Gasteiger partial charge on any atom is -0.309 e. The van der Waals surface area contributed by atoms with Gasteiger partial charge in [-0.1, -0.05) is 50.1 Å². The molecule has 0 bridgehead atoms. The second-order valence-electron chi connectivity index (χ2n) is 4.73. The highest BCUT2D eigenvalue weighted by Gasteiger charge is 2.15. The molecule has 0 spiro atoms. The molecule has 0 aromatic heterocycles. The Morgan fingerprint density at radius 1 is 1.00 bits per heavy atom. The third-order valence-electron chi connectivity index (χ3n) is 3.33. The molecule has 0 aliphatic rings. The predicted molar refractivity (Wildman–Crippen MR) is 88.7 cm³/mol. The van der Waals surface area contributed by atoms with Gasteiger partial charge in [-0.25, -0.2) is 0 Å². The molecule has 2 aromatic rings. The molecule has 0 radical (unpaired) electrons. The van der Waals surface area contributed by atoms with Crippen molar-refractivity contribution < 1.29 is 0 Å². The Kier molecular flexibility index (Phi) is 4.82. The van der Waals surface area contributed by atoms with Gasteiger partial charge in [0.15, 0.2) is 0 Å². The summed E-state index contributed by atoms with van der Waals surface area (Å²) in [5.41, 5.74) is 5.13. The molecule has 1 N–H and O–H groups in total. The highest BCUT2D eigenvalue weighted by atomic mass is 79.9. The van der Waals surface area contributed by atoms with E-state index in [1.165, 1.54) is 22.3 Å². The van der Waals surface area contributed by atoms with Crippen molar-refractivity contribution in [2.75, 3.05) is 7.05 Å². The Labute approximate surface area is 131 Å². The molecule has 1 nitrogen and oxygen atoms in total. The smallest absolute Gasteiger partial charge is 0.0577 e. The lowest BCUT2D eigenvalue weighted by Crippen LogP contribution is -2.19. The molecule has 0 amide bonds. The Morgan fingerprint density at radius 3 is 2.37 bits per heavy atom. The molecule has 3 heteroatoms. The van der Waals surface area contributed by atoms with E-state index in [-0.39, 0.29) is 6.04 Å². The van der Waals surface area contributed by atoms with E-state index in [0.29, 0.717) is 0 Å². The molecule has 1 unspecified atom stereocenters. The zero-order valence-corrected chi connectivity index (χ0v) is 14.5. The van der Waals surface area contributed by atoms with E-state index in [4.69, 9.17) is 0 Å².